The number of thiocarbonyl (C=S) groups is 1. The number of sulfonamides is 1. The summed E-state index contributed by atoms with van der Waals surface area (Å²) >= 11 is 6.07. The van der Waals surface area contributed by atoms with Gasteiger partial charge in [0.1, 0.15) is 17.2 Å². The Morgan fingerprint density at radius 3 is 2.57 bits per heavy atom. The second-order valence-corrected chi connectivity index (χ2v) is 8.62. The molecule has 2 aromatic heterocycles. The summed E-state index contributed by atoms with van der Waals surface area (Å²) in [6.45, 7) is 0. The zero-order valence-corrected chi connectivity index (χ0v) is 16.5. The number of amides is 1. The highest BCUT2D eigenvalue weighted by Gasteiger charge is 2.21. The van der Waals surface area contributed by atoms with Gasteiger partial charge in [-0.15, -0.1) is 11.3 Å². The number of furan rings is 1. The van der Waals surface area contributed by atoms with Gasteiger partial charge in [0, 0.05) is 23.2 Å². The van der Waals surface area contributed by atoms with Gasteiger partial charge in [-0.1, -0.05) is 0 Å². The normalized spacial score (nSPS) is 15.5. The van der Waals surface area contributed by atoms with Crippen molar-refractivity contribution >= 4 is 55.8 Å². The number of hydrogen-bond acceptors (Lipinski definition) is 7. The van der Waals surface area contributed by atoms with Gasteiger partial charge in [0.2, 0.25) is 0 Å². The molecule has 0 saturated carbocycles. The molecular weight excluding hydrogens is 420 g/mol. The lowest BCUT2D eigenvalue weighted by Gasteiger charge is -2.05. The van der Waals surface area contributed by atoms with Gasteiger partial charge < -0.3 is 9.73 Å². The summed E-state index contributed by atoms with van der Waals surface area (Å²) in [4.78, 5) is 15.7. The standard InChI is InChI=1S/C17H12N4O4S3/c22-15-13(19-16(26)20-15)9-11-3-6-14(25-11)10-1-4-12(5-2-10)28(23,24)21-17-18-7-8-27-17/h1-9H,(H,18,21)(H2,19,20,22,26). The second-order valence-electron chi connectivity index (χ2n) is 5.64. The Bertz CT molecular complexity index is 1180. The molecule has 1 saturated heterocycles. The van der Waals surface area contributed by atoms with Crippen molar-refractivity contribution in [1.29, 1.82) is 0 Å². The Morgan fingerprint density at radius 2 is 1.93 bits per heavy atom. The minimum Gasteiger partial charge on any atom is -0.457 e. The van der Waals surface area contributed by atoms with Crippen LogP contribution in [-0.4, -0.2) is 24.4 Å². The molecule has 1 fully saturated rings. The number of anilines is 1. The molecule has 0 aliphatic carbocycles. The number of benzene rings is 1. The van der Waals surface area contributed by atoms with Crippen molar-refractivity contribution in [3.8, 4) is 11.3 Å². The molecule has 0 atom stereocenters. The van der Waals surface area contributed by atoms with Gasteiger partial charge in [0.05, 0.1) is 4.90 Å². The average Bonchev–Trinajstić information content (AvgIpc) is 3.38. The fourth-order valence-electron chi connectivity index (χ4n) is 2.46. The number of hydrogen-bond donors (Lipinski definition) is 3. The van der Waals surface area contributed by atoms with Crippen LogP contribution in [0.3, 0.4) is 0 Å². The molecule has 11 heteroatoms. The van der Waals surface area contributed by atoms with Crippen LogP contribution in [-0.2, 0) is 14.8 Å². The van der Waals surface area contributed by atoms with E-state index in [9.17, 15) is 13.2 Å². The first-order valence-electron chi connectivity index (χ1n) is 7.87. The number of nitrogens with zero attached hydrogens (tertiary/aromatic N) is 1. The zero-order valence-electron chi connectivity index (χ0n) is 14.0. The van der Waals surface area contributed by atoms with Crippen molar-refractivity contribution in [3.05, 3.63) is 59.4 Å². The van der Waals surface area contributed by atoms with Gasteiger partial charge >= 0.3 is 0 Å². The fraction of sp³-hybridized carbons (Fsp3) is 0. The Kier molecular flexibility index (Phi) is 4.71. The predicted molar refractivity (Wildman–Crippen MR) is 109 cm³/mol. The van der Waals surface area contributed by atoms with Crippen LogP contribution >= 0.6 is 23.6 Å². The summed E-state index contributed by atoms with van der Waals surface area (Å²) in [5.41, 5.74) is 0.984. The predicted octanol–water partition coefficient (Wildman–Crippen LogP) is 2.55. The molecule has 0 radical (unpaired) electrons. The number of thiazole rings is 1. The SMILES string of the molecule is O=C1NC(=S)NC1=Cc1ccc(-c2ccc(S(=O)(=O)Nc3nccs3)cc2)o1. The van der Waals surface area contributed by atoms with Crippen LogP contribution < -0.4 is 15.4 Å². The first kappa shape index (κ1) is 18.3. The monoisotopic (exact) mass is 432 g/mol. The van der Waals surface area contributed by atoms with Gasteiger partial charge in [0.25, 0.3) is 15.9 Å². The van der Waals surface area contributed by atoms with E-state index in [1.165, 1.54) is 35.7 Å². The maximum atomic E-state index is 12.4. The van der Waals surface area contributed by atoms with Gasteiger partial charge in [0.15, 0.2) is 10.2 Å². The molecule has 28 heavy (non-hydrogen) atoms. The largest absolute Gasteiger partial charge is 0.457 e. The van der Waals surface area contributed by atoms with E-state index in [2.05, 4.69) is 20.3 Å². The first-order valence-corrected chi connectivity index (χ1v) is 10.6. The molecule has 8 nitrogen and oxygen atoms in total. The Balaban J connectivity index is 1.53. The van der Waals surface area contributed by atoms with Gasteiger partial charge in [-0.2, -0.15) is 0 Å². The smallest absolute Gasteiger partial charge is 0.274 e. The molecule has 0 spiro atoms. The summed E-state index contributed by atoms with van der Waals surface area (Å²) in [7, 11) is -3.71. The molecule has 142 valence electrons. The third-order valence-corrected chi connectivity index (χ3v) is 6.11. The highest BCUT2D eigenvalue weighted by Crippen LogP contribution is 2.26. The van der Waals surface area contributed by atoms with Crippen LogP contribution in [0, 0.1) is 0 Å². The van der Waals surface area contributed by atoms with E-state index in [0.29, 0.717) is 27.9 Å². The van der Waals surface area contributed by atoms with Gasteiger partial charge in [-0.05, 0) is 48.6 Å². The number of rotatable bonds is 5. The molecule has 1 aliphatic rings. The number of carbonyl (C=O) groups is 1. The summed E-state index contributed by atoms with van der Waals surface area (Å²) in [6, 6.07) is 9.68. The summed E-state index contributed by atoms with van der Waals surface area (Å²) in [5, 5.41) is 7.43. The van der Waals surface area contributed by atoms with E-state index >= 15 is 0 Å². The molecule has 0 unspecified atom stereocenters. The quantitative estimate of drug-likeness (QED) is 0.419. The topological polar surface area (TPSA) is 113 Å². The van der Waals surface area contributed by atoms with E-state index in [1.54, 1.807) is 29.6 Å². The van der Waals surface area contributed by atoms with E-state index in [4.69, 9.17) is 16.6 Å². The maximum Gasteiger partial charge on any atom is 0.274 e. The van der Waals surface area contributed by atoms with Crippen molar-refractivity contribution in [2.45, 2.75) is 4.90 Å². The van der Waals surface area contributed by atoms with Crippen LogP contribution in [0.15, 0.2) is 63.0 Å². The van der Waals surface area contributed by atoms with E-state index in [0.717, 1.165) is 0 Å². The fourth-order valence-corrected chi connectivity index (χ4v) is 4.45. The number of nitrogens with one attached hydrogen (secondary N) is 3. The maximum absolute atomic E-state index is 12.4. The molecule has 4 rings (SSSR count). The summed E-state index contributed by atoms with van der Waals surface area (Å²) in [5.74, 6) is 0.661. The minimum absolute atomic E-state index is 0.112. The lowest BCUT2D eigenvalue weighted by Crippen LogP contribution is -2.21. The zero-order chi connectivity index (χ0) is 19.7. The van der Waals surface area contributed by atoms with Gasteiger partial charge in [-0.3, -0.25) is 14.8 Å². The Hall–Kier alpha value is -3.02. The van der Waals surface area contributed by atoms with Crippen LogP contribution in [0.2, 0.25) is 0 Å². The molecule has 3 N–H and O–H groups in total. The van der Waals surface area contributed by atoms with Crippen LogP contribution in [0.5, 0.6) is 0 Å². The lowest BCUT2D eigenvalue weighted by molar-refractivity contribution is -0.115. The van der Waals surface area contributed by atoms with E-state index in [-0.39, 0.29) is 15.9 Å². The van der Waals surface area contributed by atoms with Crippen LogP contribution in [0.25, 0.3) is 17.4 Å². The first-order chi connectivity index (χ1) is 13.4. The van der Waals surface area contributed by atoms with Crippen molar-refractivity contribution in [3.63, 3.8) is 0 Å². The van der Waals surface area contributed by atoms with E-state index < -0.39 is 10.0 Å². The van der Waals surface area contributed by atoms with Crippen LogP contribution in [0.4, 0.5) is 5.13 Å². The summed E-state index contributed by atoms with van der Waals surface area (Å²) < 4.78 is 32.9. The third kappa shape index (κ3) is 3.81. The van der Waals surface area contributed by atoms with E-state index in [1.807, 2.05) is 0 Å². The van der Waals surface area contributed by atoms with Crippen LogP contribution in [0.1, 0.15) is 5.76 Å². The number of carbonyl (C=O) groups excluding carboxylic acids is 1. The third-order valence-electron chi connectivity index (χ3n) is 3.74. The van der Waals surface area contributed by atoms with Crippen molar-refractivity contribution in [2.75, 3.05) is 4.72 Å². The molecule has 0 bridgehead atoms. The average molecular weight is 433 g/mol. The van der Waals surface area contributed by atoms with Crippen molar-refractivity contribution in [2.24, 2.45) is 0 Å². The van der Waals surface area contributed by atoms with Gasteiger partial charge in [-0.25, -0.2) is 13.4 Å². The molecule has 3 aromatic rings. The molecule has 1 amide bonds. The molecule has 1 aliphatic heterocycles. The number of aromatic nitrogens is 1. The highest BCUT2D eigenvalue weighted by molar-refractivity contribution is 7.93. The molecule has 1 aromatic carbocycles. The molecular formula is C17H12N4O4S3. The Labute approximate surface area is 169 Å². The van der Waals surface area contributed by atoms with Crippen molar-refractivity contribution in [1.82, 2.24) is 15.6 Å². The summed E-state index contributed by atoms with van der Waals surface area (Å²) in [6.07, 6.45) is 3.06. The van der Waals surface area contributed by atoms with Crippen molar-refractivity contribution < 1.29 is 17.6 Å². The lowest BCUT2D eigenvalue weighted by atomic mass is 10.2. The second kappa shape index (κ2) is 7.19. The highest BCUT2D eigenvalue weighted by atomic mass is 32.2. The Morgan fingerprint density at radius 1 is 1.14 bits per heavy atom. The minimum atomic E-state index is -3.71. The molecule has 3 heterocycles.